The second-order valence-electron chi connectivity index (χ2n) is 3.95. The van der Waals surface area contributed by atoms with Crippen LogP contribution in [0.5, 0.6) is 0 Å². The molecule has 1 aromatic carbocycles. The van der Waals surface area contributed by atoms with Gasteiger partial charge in [0.25, 0.3) is 0 Å². The molecule has 0 aliphatic heterocycles. The fraction of sp³-hybridized carbons (Fsp3) is 0.538. The fourth-order valence-corrected chi connectivity index (χ4v) is 2.01. The van der Waals surface area contributed by atoms with Gasteiger partial charge in [0.15, 0.2) is 0 Å². The summed E-state index contributed by atoms with van der Waals surface area (Å²) in [6.45, 7) is 6.21. The fourth-order valence-electron chi connectivity index (χ4n) is 2.01. The van der Waals surface area contributed by atoms with Crippen molar-refractivity contribution in [2.24, 2.45) is 0 Å². The van der Waals surface area contributed by atoms with E-state index in [4.69, 9.17) is 0 Å². The van der Waals surface area contributed by atoms with E-state index in [1.54, 1.807) is 0 Å². The maximum Gasteiger partial charge on any atom is 0.0896 e. The van der Waals surface area contributed by atoms with Crippen molar-refractivity contribution < 1.29 is 5.11 Å². The van der Waals surface area contributed by atoms with E-state index in [9.17, 15) is 5.11 Å². The first-order valence-corrected chi connectivity index (χ1v) is 5.42. The van der Waals surface area contributed by atoms with Gasteiger partial charge in [0.2, 0.25) is 0 Å². The van der Waals surface area contributed by atoms with Crippen molar-refractivity contribution in [3.63, 3.8) is 0 Å². The van der Waals surface area contributed by atoms with Crippen LogP contribution in [0.25, 0.3) is 0 Å². The van der Waals surface area contributed by atoms with E-state index in [0.29, 0.717) is 0 Å². The van der Waals surface area contributed by atoms with Crippen LogP contribution in [0.1, 0.15) is 44.2 Å². The van der Waals surface area contributed by atoms with Crippen LogP contribution in [-0.4, -0.2) is 5.11 Å². The third-order valence-electron chi connectivity index (χ3n) is 2.89. The Morgan fingerprint density at radius 3 is 2.36 bits per heavy atom. The minimum atomic E-state index is -0.625. The zero-order chi connectivity index (χ0) is 10.6. The van der Waals surface area contributed by atoms with Crippen LogP contribution in [-0.2, 0) is 5.60 Å². The van der Waals surface area contributed by atoms with Gasteiger partial charge < -0.3 is 5.11 Å². The Kier molecular flexibility index (Phi) is 3.70. The molecule has 0 aliphatic carbocycles. The smallest absolute Gasteiger partial charge is 0.0896 e. The van der Waals surface area contributed by atoms with Crippen molar-refractivity contribution >= 4 is 0 Å². The normalized spacial score (nSPS) is 15.1. The molecule has 0 bridgehead atoms. The first-order chi connectivity index (χ1) is 6.64. The maximum absolute atomic E-state index is 10.5. The maximum atomic E-state index is 10.5. The molecular weight excluding hydrogens is 172 g/mol. The van der Waals surface area contributed by atoms with Crippen LogP contribution in [0.3, 0.4) is 0 Å². The van der Waals surface area contributed by atoms with Crippen molar-refractivity contribution in [1.29, 1.82) is 0 Å². The minimum absolute atomic E-state index is 0.625. The summed E-state index contributed by atoms with van der Waals surface area (Å²) in [7, 11) is 0. The summed E-state index contributed by atoms with van der Waals surface area (Å²) in [5, 5.41) is 10.5. The molecule has 0 saturated heterocycles. The van der Waals surface area contributed by atoms with Crippen molar-refractivity contribution in [2.75, 3.05) is 0 Å². The minimum Gasteiger partial charge on any atom is -0.385 e. The number of benzene rings is 1. The predicted octanol–water partition coefficient (Wildman–Crippen LogP) is 3.39. The van der Waals surface area contributed by atoms with E-state index >= 15 is 0 Å². The van der Waals surface area contributed by atoms with Gasteiger partial charge in [-0.25, -0.2) is 0 Å². The summed E-state index contributed by atoms with van der Waals surface area (Å²) in [6, 6.07) is 8.11. The van der Waals surface area contributed by atoms with Crippen molar-refractivity contribution in [3.05, 3.63) is 35.4 Å². The summed E-state index contributed by atoms with van der Waals surface area (Å²) in [4.78, 5) is 0. The molecule has 0 spiro atoms. The SMILES string of the molecule is CCCC(O)(CC)c1ccccc1C. The molecule has 14 heavy (non-hydrogen) atoms. The zero-order valence-electron chi connectivity index (χ0n) is 9.38. The van der Waals surface area contributed by atoms with Gasteiger partial charge >= 0.3 is 0 Å². The molecule has 1 unspecified atom stereocenters. The third kappa shape index (κ3) is 2.16. The molecule has 1 heteroatoms. The average Bonchev–Trinajstić information content (AvgIpc) is 2.18. The lowest BCUT2D eigenvalue weighted by molar-refractivity contribution is 0.0220. The van der Waals surface area contributed by atoms with Crippen molar-refractivity contribution in [2.45, 2.75) is 45.6 Å². The molecule has 1 atom stereocenters. The van der Waals surface area contributed by atoms with Crippen LogP contribution in [0.15, 0.2) is 24.3 Å². The Labute approximate surface area is 86.8 Å². The largest absolute Gasteiger partial charge is 0.385 e. The topological polar surface area (TPSA) is 20.2 Å². The highest BCUT2D eigenvalue weighted by Crippen LogP contribution is 2.31. The van der Waals surface area contributed by atoms with Gasteiger partial charge in [0, 0.05) is 0 Å². The Morgan fingerprint density at radius 2 is 1.86 bits per heavy atom. The number of aryl methyl sites for hydroxylation is 1. The van der Waals surface area contributed by atoms with Crippen LogP contribution in [0.2, 0.25) is 0 Å². The summed E-state index contributed by atoms with van der Waals surface area (Å²) in [5.74, 6) is 0. The van der Waals surface area contributed by atoms with Crippen LogP contribution in [0, 0.1) is 6.92 Å². The quantitative estimate of drug-likeness (QED) is 0.775. The van der Waals surface area contributed by atoms with Gasteiger partial charge in [0.05, 0.1) is 5.60 Å². The van der Waals surface area contributed by atoms with E-state index in [0.717, 1.165) is 24.8 Å². The highest BCUT2D eigenvalue weighted by molar-refractivity contribution is 5.31. The van der Waals surface area contributed by atoms with Crippen LogP contribution in [0.4, 0.5) is 0 Å². The average molecular weight is 192 g/mol. The van der Waals surface area contributed by atoms with E-state index < -0.39 is 5.60 Å². The molecule has 1 aromatic rings. The second-order valence-corrected chi connectivity index (χ2v) is 3.95. The molecule has 0 aromatic heterocycles. The highest BCUT2D eigenvalue weighted by Gasteiger charge is 2.26. The molecule has 1 nitrogen and oxygen atoms in total. The van der Waals surface area contributed by atoms with Gasteiger partial charge in [-0.2, -0.15) is 0 Å². The van der Waals surface area contributed by atoms with Crippen molar-refractivity contribution in [1.82, 2.24) is 0 Å². The molecule has 0 aliphatic rings. The van der Waals surface area contributed by atoms with E-state index in [-0.39, 0.29) is 0 Å². The lowest BCUT2D eigenvalue weighted by Crippen LogP contribution is -2.25. The van der Waals surface area contributed by atoms with Crippen LogP contribution < -0.4 is 0 Å². The second kappa shape index (κ2) is 4.61. The van der Waals surface area contributed by atoms with Gasteiger partial charge in [-0.1, -0.05) is 44.5 Å². The first-order valence-electron chi connectivity index (χ1n) is 5.42. The van der Waals surface area contributed by atoms with Crippen LogP contribution >= 0.6 is 0 Å². The van der Waals surface area contributed by atoms with Gasteiger partial charge in [-0.15, -0.1) is 0 Å². The molecular formula is C13H20O. The molecule has 1 N–H and O–H groups in total. The Morgan fingerprint density at radius 1 is 1.21 bits per heavy atom. The number of aliphatic hydroxyl groups is 1. The lowest BCUT2D eigenvalue weighted by atomic mass is 9.84. The molecule has 0 saturated carbocycles. The Bertz CT molecular complexity index is 293. The van der Waals surface area contributed by atoms with E-state index in [1.807, 2.05) is 25.1 Å². The van der Waals surface area contributed by atoms with Gasteiger partial charge in [-0.05, 0) is 30.9 Å². The third-order valence-corrected chi connectivity index (χ3v) is 2.89. The molecule has 0 fully saturated rings. The molecule has 78 valence electrons. The molecule has 0 heterocycles. The highest BCUT2D eigenvalue weighted by atomic mass is 16.3. The first kappa shape index (κ1) is 11.3. The lowest BCUT2D eigenvalue weighted by Gasteiger charge is -2.28. The Hall–Kier alpha value is -0.820. The monoisotopic (exact) mass is 192 g/mol. The molecule has 1 rings (SSSR count). The summed E-state index contributed by atoms with van der Waals surface area (Å²) < 4.78 is 0. The van der Waals surface area contributed by atoms with E-state index in [1.165, 1.54) is 5.56 Å². The summed E-state index contributed by atoms with van der Waals surface area (Å²) in [5.41, 5.74) is 1.65. The summed E-state index contributed by atoms with van der Waals surface area (Å²) >= 11 is 0. The molecule has 0 radical (unpaired) electrons. The van der Waals surface area contributed by atoms with Crippen molar-refractivity contribution in [3.8, 4) is 0 Å². The molecule has 0 amide bonds. The number of hydrogen-bond acceptors (Lipinski definition) is 1. The van der Waals surface area contributed by atoms with Gasteiger partial charge in [0.1, 0.15) is 0 Å². The Balaban J connectivity index is 3.05. The number of rotatable bonds is 4. The van der Waals surface area contributed by atoms with E-state index in [2.05, 4.69) is 19.9 Å². The van der Waals surface area contributed by atoms with Gasteiger partial charge in [-0.3, -0.25) is 0 Å². The predicted molar refractivity (Wildman–Crippen MR) is 60.3 cm³/mol. The number of hydrogen-bond donors (Lipinski definition) is 1. The summed E-state index contributed by atoms with van der Waals surface area (Å²) in [6.07, 6.45) is 2.64. The standard InChI is InChI=1S/C13H20O/c1-4-10-13(14,5-2)12-9-7-6-8-11(12)3/h6-9,14H,4-5,10H2,1-3H3. The zero-order valence-corrected chi connectivity index (χ0v) is 9.38.